The zero-order chi connectivity index (χ0) is 17.4. The maximum Gasteiger partial charge on any atom is 0.326 e. The van der Waals surface area contributed by atoms with Crippen LogP contribution in [0.2, 0.25) is 0 Å². The molecule has 0 unspecified atom stereocenters. The van der Waals surface area contributed by atoms with E-state index in [2.05, 4.69) is 12.2 Å². The van der Waals surface area contributed by atoms with E-state index in [1.165, 1.54) is 0 Å². The van der Waals surface area contributed by atoms with Crippen molar-refractivity contribution in [3.63, 3.8) is 0 Å². The molecule has 24 heavy (non-hydrogen) atoms. The van der Waals surface area contributed by atoms with Gasteiger partial charge in [0.2, 0.25) is 5.91 Å². The van der Waals surface area contributed by atoms with Gasteiger partial charge in [0, 0.05) is 0 Å². The molecule has 0 radical (unpaired) electrons. The van der Waals surface area contributed by atoms with E-state index in [-0.39, 0.29) is 12.3 Å². The second kappa shape index (κ2) is 9.06. The Morgan fingerprint density at radius 1 is 1.04 bits per heavy atom. The van der Waals surface area contributed by atoms with Crippen molar-refractivity contribution in [1.29, 1.82) is 0 Å². The Balaban J connectivity index is 1.92. The first-order valence-corrected chi connectivity index (χ1v) is 8.60. The average Bonchev–Trinajstić information content (AvgIpc) is 2.57. The molecule has 2 aromatic rings. The molecule has 0 bridgehead atoms. The summed E-state index contributed by atoms with van der Waals surface area (Å²) in [6.07, 6.45) is 4.70. The Labute approximate surface area is 142 Å². The highest BCUT2D eigenvalue weighted by Crippen LogP contribution is 2.16. The Bertz CT molecular complexity index is 696. The molecule has 1 atom stereocenters. The number of hydrogen-bond donors (Lipinski definition) is 2. The van der Waals surface area contributed by atoms with Crippen molar-refractivity contribution in [1.82, 2.24) is 5.32 Å². The van der Waals surface area contributed by atoms with Crippen molar-refractivity contribution in [2.24, 2.45) is 0 Å². The highest BCUT2D eigenvalue weighted by Gasteiger charge is 2.19. The number of nitrogens with one attached hydrogen (secondary N) is 1. The van der Waals surface area contributed by atoms with Gasteiger partial charge in [-0.05, 0) is 22.8 Å². The summed E-state index contributed by atoms with van der Waals surface area (Å²) < 4.78 is 0. The van der Waals surface area contributed by atoms with E-state index in [0.29, 0.717) is 6.42 Å². The fourth-order valence-corrected chi connectivity index (χ4v) is 2.81. The number of carboxylic acid groups (broad SMARTS) is 1. The second-order valence-electron chi connectivity index (χ2n) is 6.17. The van der Waals surface area contributed by atoms with Crippen LogP contribution in [0.5, 0.6) is 0 Å². The third kappa shape index (κ3) is 5.37. The van der Waals surface area contributed by atoms with Gasteiger partial charge >= 0.3 is 5.97 Å². The van der Waals surface area contributed by atoms with Crippen molar-refractivity contribution < 1.29 is 14.7 Å². The first-order valence-electron chi connectivity index (χ1n) is 8.60. The van der Waals surface area contributed by atoms with Gasteiger partial charge in [-0.25, -0.2) is 4.79 Å². The number of amides is 1. The van der Waals surface area contributed by atoms with Crippen LogP contribution >= 0.6 is 0 Å². The largest absolute Gasteiger partial charge is 0.480 e. The van der Waals surface area contributed by atoms with Crippen molar-refractivity contribution in [3.8, 4) is 0 Å². The molecule has 0 aliphatic rings. The Morgan fingerprint density at radius 3 is 2.50 bits per heavy atom. The van der Waals surface area contributed by atoms with Crippen molar-refractivity contribution in [2.45, 2.75) is 51.5 Å². The highest BCUT2D eigenvalue weighted by molar-refractivity contribution is 5.87. The van der Waals surface area contributed by atoms with Crippen LogP contribution in [0.4, 0.5) is 0 Å². The SMILES string of the molecule is CCCCCC[C@@H](NC(=O)Cc1ccc2ccccc2c1)C(=O)O. The number of carbonyl (C=O) groups excluding carboxylic acids is 1. The Kier molecular flexibility index (Phi) is 6.79. The summed E-state index contributed by atoms with van der Waals surface area (Å²) in [5.41, 5.74) is 0.890. The molecule has 0 saturated carbocycles. The lowest BCUT2D eigenvalue weighted by atomic mass is 10.0. The van der Waals surface area contributed by atoms with Gasteiger partial charge in [-0.15, -0.1) is 0 Å². The van der Waals surface area contributed by atoms with Crippen LogP contribution in [0, 0.1) is 0 Å². The van der Waals surface area contributed by atoms with E-state index in [0.717, 1.165) is 42.0 Å². The average molecular weight is 327 g/mol. The molecule has 128 valence electrons. The zero-order valence-corrected chi connectivity index (χ0v) is 14.1. The molecule has 2 aromatic carbocycles. The van der Waals surface area contributed by atoms with Gasteiger partial charge in [0.15, 0.2) is 0 Å². The van der Waals surface area contributed by atoms with Gasteiger partial charge < -0.3 is 10.4 Å². The minimum Gasteiger partial charge on any atom is -0.480 e. The molecule has 1 amide bonds. The lowest BCUT2D eigenvalue weighted by Gasteiger charge is -2.14. The van der Waals surface area contributed by atoms with Crippen LogP contribution in [-0.4, -0.2) is 23.0 Å². The topological polar surface area (TPSA) is 66.4 Å². The Hall–Kier alpha value is -2.36. The third-order valence-electron chi connectivity index (χ3n) is 4.16. The van der Waals surface area contributed by atoms with Crippen molar-refractivity contribution in [2.75, 3.05) is 0 Å². The minimum atomic E-state index is -0.960. The van der Waals surface area contributed by atoms with Crippen LogP contribution in [0.15, 0.2) is 42.5 Å². The van der Waals surface area contributed by atoms with E-state index in [4.69, 9.17) is 0 Å². The number of benzene rings is 2. The molecule has 0 aromatic heterocycles. The van der Waals surface area contributed by atoms with Crippen LogP contribution in [0.3, 0.4) is 0 Å². The molecule has 4 nitrogen and oxygen atoms in total. The predicted octanol–water partition coefficient (Wildman–Crippen LogP) is 3.92. The number of fused-ring (bicyclic) bond motifs is 1. The van der Waals surface area contributed by atoms with E-state index in [1.807, 2.05) is 42.5 Å². The molecule has 0 fully saturated rings. The maximum atomic E-state index is 12.2. The lowest BCUT2D eigenvalue weighted by Crippen LogP contribution is -2.41. The molecule has 0 saturated heterocycles. The molecule has 0 heterocycles. The summed E-state index contributed by atoms with van der Waals surface area (Å²) in [5.74, 6) is -1.20. The van der Waals surface area contributed by atoms with Gasteiger partial charge in [0.25, 0.3) is 0 Å². The lowest BCUT2D eigenvalue weighted by molar-refractivity contribution is -0.142. The maximum absolute atomic E-state index is 12.2. The van der Waals surface area contributed by atoms with Crippen LogP contribution in [-0.2, 0) is 16.0 Å². The number of rotatable bonds is 9. The van der Waals surface area contributed by atoms with Gasteiger partial charge in [-0.2, -0.15) is 0 Å². The normalized spacial score (nSPS) is 12.0. The summed E-state index contributed by atoms with van der Waals surface area (Å²) in [5, 5.41) is 14.1. The smallest absolute Gasteiger partial charge is 0.326 e. The summed E-state index contributed by atoms with van der Waals surface area (Å²) in [6, 6.07) is 13.0. The van der Waals surface area contributed by atoms with E-state index < -0.39 is 12.0 Å². The number of hydrogen-bond acceptors (Lipinski definition) is 2. The standard InChI is InChI=1S/C20H25NO3/c1-2-3-4-5-10-18(20(23)24)21-19(22)14-15-11-12-16-8-6-7-9-17(16)13-15/h6-9,11-13,18H,2-5,10,14H2,1H3,(H,21,22)(H,23,24)/t18-/m1/s1. The van der Waals surface area contributed by atoms with Gasteiger partial charge in [0.1, 0.15) is 6.04 Å². The van der Waals surface area contributed by atoms with E-state index >= 15 is 0 Å². The van der Waals surface area contributed by atoms with Crippen LogP contribution < -0.4 is 5.32 Å². The van der Waals surface area contributed by atoms with Crippen LogP contribution in [0.1, 0.15) is 44.6 Å². The number of unbranched alkanes of at least 4 members (excludes halogenated alkanes) is 3. The summed E-state index contributed by atoms with van der Waals surface area (Å²) >= 11 is 0. The number of carbonyl (C=O) groups is 2. The number of carboxylic acids is 1. The van der Waals surface area contributed by atoms with E-state index in [9.17, 15) is 14.7 Å². The molecular formula is C20H25NO3. The monoisotopic (exact) mass is 327 g/mol. The minimum absolute atomic E-state index is 0.198. The van der Waals surface area contributed by atoms with Crippen molar-refractivity contribution >= 4 is 22.6 Å². The number of aliphatic carboxylic acids is 1. The fraction of sp³-hybridized carbons (Fsp3) is 0.400. The molecular weight excluding hydrogens is 302 g/mol. The summed E-state index contributed by atoms with van der Waals surface area (Å²) in [6.45, 7) is 2.11. The summed E-state index contributed by atoms with van der Waals surface area (Å²) in [4.78, 5) is 23.5. The Morgan fingerprint density at radius 2 is 1.79 bits per heavy atom. The fourth-order valence-electron chi connectivity index (χ4n) is 2.81. The molecule has 2 N–H and O–H groups in total. The highest BCUT2D eigenvalue weighted by atomic mass is 16.4. The zero-order valence-electron chi connectivity index (χ0n) is 14.1. The van der Waals surface area contributed by atoms with Gasteiger partial charge in [0.05, 0.1) is 6.42 Å². The predicted molar refractivity (Wildman–Crippen MR) is 96.0 cm³/mol. The molecule has 4 heteroatoms. The van der Waals surface area contributed by atoms with Crippen LogP contribution in [0.25, 0.3) is 10.8 Å². The molecule has 0 aliphatic heterocycles. The second-order valence-corrected chi connectivity index (χ2v) is 6.17. The molecule has 0 aliphatic carbocycles. The summed E-state index contributed by atoms with van der Waals surface area (Å²) in [7, 11) is 0. The van der Waals surface area contributed by atoms with Gasteiger partial charge in [-0.1, -0.05) is 75.1 Å². The molecule has 0 spiro atoms. The third-order valence-corrected chi connectivity index (χ3v) is 4.16. The first-order chi connectivity index (χ1) is 11.6. The quantitative estimate of drug-likeness (QED) is 0.686. The van der Waals surface area contributed by atoms with Crippen molar-refractivity contribution in [3.05, 3.63) is 48.0 Å². The van der Waals surface area contributed by atoms with Gasteiger partial charge in [-0.3, -0.25) is 4.79 Å². The van der Waals surface area contributed by atoms with E-state index in [1.54, 1.807) is 0 Å². The molecule has 2 rings (SSSR count). The first kappa shape index (κ1) is 18.0.